The number of nitrogen functional groups attached to an aromatic ring is 1. The normalized spacial score (nSPS) is 14.1. The number of carbonyl (C=O) groups excluding carboxylic acids is 1. The molecule has 0 unspecified atom stereocenters. The lowest BCUT2D eigenvalue weighted by Crippen LogP contribution is -2.38. The molecule has 1 fully saturated rings. The lowest BCUT2D eigenvalue weighted by molar-refractivity contribution is 0.0706. The van der Waals surface area contributed by atoms with Crippen molar-refractivity contribution >= 4 is 38.4 Å². The highest BCUT2D eigenvalue weighted by Crippen LogP contribution is 2.29. The third kappa shape index (κ3) is 5.75. The van der Waals surface area contributed by atoms with E-state index in [0.29, 0.717) is 59.5 Å². The highest BCUT2D eigenvalue weighted by molar-refractivity contribution is 9.10. The van der Waals surface area contributed by atoms with Gasteiger partial charge in [-0.15, -0.1) is 5.10 Å². The largest absolute Gasteiger partial charge is 0.485 e. The zero-order chi connectivity index (χ0) is 28.5. The Bertz CT molecular complexity index is 1730. The van der Waals surface area contributed by atoms with Crippen LogP contribution in [0.5, 0.6) is 5.75 Å². The number of pyridine rings is 1. The van der Waals surface area contributed by atoms with Crippen molar-refractivity contribution < 1.29 is 22.8 Å². The summed E-state index contributed by atoms with van der Waals surface area (Å²) in [6.07, 6.45) is 3.14. The van der Waals surface area contributed by atoms with Crippen LogP contribution < -0.4 is 10.5 Å². The first-order chi connectivity index (χ1) is 19.8. The van der Waals surface area contributed by atoms with Gasteiger partial charge in [0.15, 0.2) is 11.6 Å². The first kappa shape index (κ1) is 26.8. The molecule has 41 heavy (non-hydrogen) atoms. The van der Waals surface area contributed by atoms with Crippen LogP contribution in [-0.4, -0.2) is 49.0 Å². The molecule has 1 aliphatic rings. The molecule has 13 heteroatoms. The van der Waals surface area contributed by atoms with Crippen LogP contribution in [0.3, 0.4) is 0 Å². The maximum atomic E-state index is 14.5. The Morgan fingerprint density at radius 1 is 1.12 bits per heavy atom. The number of nitrogens with two attached hydrogens (primary N) is 1. The number of halogens is 3. The zero-order valence-electron chi connectivity index (χ0n) is 21.6. The quantitative estimate of drug-likeness (QED) is 0.249. The Hall–Kier alpha value is -4.39. The number of piperidine rings is 1. The molecule has 5 aromatic rings. The number of hydrogen-bond acceptors (Lipinski definition) is 8. The maximum Gasteiger partial charge on any atom is 0.272 e. The van der Waals surface area contributed by atoms with Gasteiger partial charge < -0.3 is 19.9 Å². The topological polar surface area (TPSA) is 125 Å². The smallest absolute Gasteiger partial charge is 0.272 e. The Kier molecular flexibility index (Phi) is 7.35. The van der Waals surface area contributed by atoms with Gasteiger partial charge in [-0.25, -0.2) is 18.4 Å². The van der Waals surface area contributed by atoms with Gasteiger partial charge in [0.1, 0.15) is 41.6 Å². The van der Waals surface area contributed by atoms with Crippen molar-refractivity contribution in [2.24, 2.45) is 0 Å². The Labute approximate surface area is 241 Å². The summed E-state index contributed by atoms with van der Waals surface area (Å²) in [6.45, 7) is 1.50. The fourth-order valence-corrected chi connectivity index (χ4v) is 5.15. The number of likely N-dealkylation sites (tertiary alicyclic amines) is 1. The van der Waals surface area contributed by atoms with E-state index in [1.54, 1.807) is 40.0 Å². The fraction of sp³-hybridized carbons (Fsp3) is 0.250. The molecule has 4 heterocycles. The highest BCUT2D eigenvalue weighted by Gasteiger charge is 2.27. The Balaban J connectivity index is 1.03. The molecular weight excluding hydrogens is 600 g/mol. The summed E-state index contributed by atoms with van der Waals surface area (Å²) in [5.41, 5.74) is 7.75. The molecule has 210 valence electrons. The van der Waals surface area contributed by atoms with Crippen LogP contribution >= 0.6 is 15.9 Å². The second-order valence-corrected chi connectivity index (χ2v) is 10.6. The van der Waals surface area contributed by atoms with E-state index in [9.17, 15) is 13.6 Å². The first-order valence-electron chi connectivity index (χ1n) is 12.9. The predicted molar refractivity (Wildman–Crippen MR) is 148 cm³/mol. The Morgan fingerprint density at radius 3 is 2.73 bits per heavy atom. The van der Waals surface area contributed by atoms with Crippen LogP contribution in [0.2, 0.25) is 0 Å². The number of ether oxygens (including phenoxy) is 1. The molecule has 3 aromatic heterocycles. The number of amides is 1. The molecule has 0 radical (unpaired) electrons. The summed E-state index contributed by atoms with van der Waals surface area (Å²) in [5.74, 6) is -0.0233. The number of fused-ring (bicyclic) bond motifs is 1. The van der Waals surface area contributed by atoms with E-state index in [2.05, 4.69) is 36.4 Å². The average molecular weight is 624 g/mol. The average Bonchev–Trinajstić information content (AvgIpc) is 3.64. The van der Waals surface area contributed by atoms with Crippen molar-refractivity contribution in [1.29, 1.82) is 0 Å². The van der Waals surface area contributed by atoms with E-state index in [1.165, 1.54) is 18.2 Å². The molecule has 6 rings (SSSR count). The molecule has 0 atom stereocenters. The molecule has 1 amide bonds. The summed E-state index contributed by atoms with van der Waals surface area (Å²) in [6, 6.07) is 12.5. The van der Waals surface area contributed by atoms with E-state index in [-0.39, 0.29) is 35.3 Å². The van der Waals surface area contributed by atoms with Gasteiger partial charge in [0.2, 0.25) is 0 Å². The lowest BCUT2D eigenvalue weighted by Gasteiger charge is -2.30. The third-order valence-corrected chi connectivity index (χ3v) is 7.61. The molecule has 1 aliphatic heterocycles. The second kappa shape index (κ2) is 11.2. The predicted octanol–water partition coefficient (Wildman–Crippen LogP) is 5.08. The monoisotopic (exact) mass is 623 g/mol. The number of carbonyl (C=O) groups is 1. The minimum absolute atomic E-state index is 0.121. The van der Waals surface area contributed by atoms with E-state index in [1.807, 2.05) is 6.07 Å². The number of aromatic nitrogens is 5. The van der Waals surface area contributed by atoms with Crippen molar-refractivity contribution in [3.8, 4) is 5.75 Å². The third-order valence-electron chi connectivity index (χ3n) is 7.00. The van der Waals surface area contributed by atoms with E-state index >= 15 is 0 Å². The number of anilines is 1. The van der Waals surface area contributed by atoms with Crippen LogP contribution in [0.4, 0.5) is 14.5 Å². The van der Waals surface area contributed by atoms with Crippen molar-refractivity contribution in [1.82, 2.24) is 30.0 Å². The number of benzene rings is 2. The molecule has 0 saturated carbocycles. The Morgan fingerprint density at radius 2 is 1.93 bits per heavy atom. The molecule has 0 spiro atoms. The van der Waals surface area contributed by atoms with Gasteiger partial charge in [-0.05, 0) is 53.0 Å². The number of nitrogens with zero attached hydrogens (tertiary/aromatic N) is 6. The first-order valence-corrected chi connectivity index (χ1v) is 13.7. The van der Waals surface area contributed by atoms with Gasteiger partial charge in [-0.1, -0.05) is 22.5 Å². The van der Waals surface area contributed by atoms with Gasteiger partial charge in [-0.3, -0.25) is 4.79 Å². The standard InChI is InChI=1S/C28H24BrF2N7O3/c29-21-4-1-17-2-5-23(33-27(17)26(21)31)28(39)37-9-7-16(8-10-37)24-12-20(41-35-24)14-38-13-19(34-36-38)15-40-25-6-3-18(30)11-22(25)32/h1-6,11-13,16H,7-10,14-15,32H2. The van der Waals surface area contributed by atoms with E-state index < -0.39 is 11.6 Å². The summed E-state index contributed by atoms with van der Waals surface area (Å²) >= 11 is 3.17. The SMILES string of the molecule is Nc1cc(F)ccc1OCc1cn(Cc2cc(C3CCN(C(=O)c4ccc5ccc(Br)c(F)c5n4)CC3)no2)nn1. The van der Waals surface area contributed by atoms with Crippen molar-refractivity contribution in [3.63, 3.8) is 0 Å². The van der Waals surface area contributed by atoms with Gasteiger partial charge in [-0.2, -0.15) is 0 Å². The molecule has 2 N–H and O–H groups in total. The van der Waals surface area contributed by atoms with Crippen LogP contribution in [0.25, 0.3) is 10.9 Å². The van der Waals surface area contributed by atoms with Crippen molar-refractivity contribution in [3.05, 3.63) is 93.7 Å². The van der Waals surface area contributed by atoms with Crippen molar-refractivity contribution in [2.75, 3.05) is 18.8 Å². The fourth-order valence-electron chi connectivity index (χ4n) is 4.83. The maximum absolute atomic E-state index is 14.5. The molecule has 10 nitrogen and oxygen atoms in total. The minimum atomic E-state index is -0.483. The van der Waals surface area contributed by atoms with E-state index in [0.717, 1.165) is 5.69 Å². The van der Waals surface area contributed by atoms with Gasteiger partial charge in [0.05, 0.1) is 22.1 Å². The van der Waals surface area contributed by atoms with Gasteiger partial charge >= 0.3 is 0 Å². The van der Waals surface area contributed by atoms with E-state index in [4.69, 9.17) is 15.0 Å². The summed E-state index contributed by atoms with van der Waals surface area (Å²) in [5, 5.41) is 13.1. The number of rotatable bonds is 7. The molecule has 0 aliphatic carbocycles. The zero-order valence-corrected chi connectivity index (χ0v) is 23.2. The molecule has 2 aromatic carbocycles. The molecular formula is C28H24BrF2N7O3. The van der Waals surface area contributed by atoms with Gasteiger partial charge in [0, 0.05) is 36.5 Å². The second-order valence-electron chi connectivity index (χ2n) is 9.79. The van der Waals surface area contributed by atoms with Crippen LogP contribution in [-0.2, 0) is 13.2 Å². The van der Waals surface area contributed by atoms with Crippen LogP contribution in [0.1, 0.15) is 46.4 Å². The van der Waals surface area contributed by atoms with Crippen LogP contribution in [0, 0.1) is 11.6 Å². The van der Waals surface area contributed by atoms with Crippen molar-refractivity contribution in [2.45, 2.75) is 31.9 Å². The highest BCUT2D eigenvalue weighted by atomic mass is 79.9. The lowest BCUT2D eigenvalue weighted by atomic mass is 9.93. The number of hydrogen-bond donors (Lipinski definition) is 1. The summed E-state index contributed by atoms with van der Waals surface area (Å²) < 4.78 is 40.8. The molecule has 1 saturated heterocycles. The summed E-state index contributed by atoms with van der Waals surface area (Å²) in [4.78, 5) is 19.1. The summed E-state index contributed by atoms with van der Waals surface area (Å²) in [7, 11) is 0. The van der Waals surface area contributed by atoms with Gasteiger partial charge in [0.25, 0.3) is 5.91 Å². The molecule has 0 bridgehead atoms. The minimum Gasteiger partial charge on any atom is -0.485 e. The van der Waals surface area contributed by atoms with Crippen LogP contribution in [0.15, 0.2) is 63.7 Å².